The molecule has 0 amide bonds. The number of carbonyl (C=O) groups is 1. The fraction of sp³-hybridized carbons (Fsp3) is 0.812. The van der Waals surface area contributed by atoms with Gasteiger partial charge in [0, 0.05) is 0 Å². The lowest BCUT2D eigenvalue weighted by Crippen LogP contribution is -2.31. The van der Waals surface area contributed by atoms with Crippen LogP contribution in [-0.4, -0.2) is 37.0 Å². The first-order chi connectivity index (χ1) is 9.61. The molecule has 4 heteroatoms. The second-order valence-electron chi connectivity index (χ2n) is 6.89. The minimum absolute atomic E-state index is 0.0168. The van der Waals surface area contributed by atoms with Crippen LogP contribution < -0.4 is 0 Å². The first kappa shape index (κ1) is 12.8. The van der Waals surface area contributed by atoms with Crippen LogP contribution in [0.2, 0.25) is 0 Å². The Labute approximate surface area is 119 Å². The van der Waals surface area contributed by atoms with Crippen LogP contribution >= 0.6 is 0 Å². The smallest absolute Gasteiger partial charge is 0.309 e. The van der Waals surface area contributed by atoms with Crippen LogP contribution in [0.25, 0.3) is 0 Å². The molecular weight excluding hydrogens is 256 g/mol. The van der Waals surface area contributed by atoms with E-state index in [-0.39, 0.29) is 18.0 Å². The molecule has 0 N–H and O–H groups in total. The summed E-state index contributed by atoms with van der Waals surface area (Å²) in [5.74, 6) is 0.813. The molecule has 1 saturated carbocycles. The Bertz CT molecular complexity index is 457. The third-order valence-electron chi connectivity index (χ3n) is 5.37. The van der Waals surface area contributed by atoms with Crippen molar-refractivity contribution in [3.8, 4) is 0 Å². The summed E-state index contributed by atoms with van der Waals surface area (Å²) in [4.78, 5) is 12.3. The first-order valence-electron chi connectivity index (χ1n) is 7.80. The number of carbonyl (C=O) groups excluding carboxylic acids is 1. The van der Waals surface area contributed by atoms with Gasteiger partial charge in [-0.1, -0.05) is 19.9 Å². The molecule has 7 unspecified atom stereocenters. The highest BCUT2D eigenvalue weighted by atomic mass is 16.6. The molecule has 4 rings (SSSR count). The summed E-state index contributed by atoms with van der Waals surface area (Å²) in [5, 5.41) is 0. The van der Waals surface area contributed by atoms with E-state index in [1.165, 1.54) is 5.57 Å². The monoisotopic (exact) mass is 278 g/mol. The van der Waals surface area contributed by atoms with E-state index in [1.807, 2.05) is 0 Å². The molecule has 0 aromatic carbocycles. The molecule has 110 valence electrons. The number of ether oxygens (including phenoxy) is 3. The molecule has 0 radical (unpaired) electrons. The van der Waals surface area contributed by atoms with Gasteiger partial charge in [0.05, 0.1) is 24.2 Å². The molecule has 4 nitrogen and oxygen atoms in total. The van der Waals surface area contributed by atoms with Gasteiger partial charge in [-0.05, 0) is 36.7 Å². The Morgan fingerprint density at radius 2 is 2.00 bits per heavy atom. The van der Waals surface area contributed by atoms with Crippen molar-refractivity contribution in [3.05, 3.63) is 11.6 Å². The third kappa shape index (κ3) is 2.29. The largest absolute Gasteiger partial charge is 0.461 e. The highest BCUT2D eigenvalue weighted by Gasteiger charge is 2.49. The highest BCUT2D eigenvalue weighted by molar-refractivity contribution is 5.73. The quantitative estimate of drug-likeness (QED) is 0.450. The van der Waals surface area contributed by atoms with E-state index in [0.29, 0.717) is 36.8 Å². The van der Waals surface area contributed by atoms with Crippen molar-refractivity contribution in [3.63, 3.8) is 0 Å². The van der Waals surface area contributed by atoms with Crippen molar-refractivity contribution >= 4 is 5.97 Å². The van der Waals surface area contributed by atoms with E-state index in [1.54, 1.807) is 0 Å². The van der Waals surface area contributed by atoms with Crippen LogP contribution in [0.1, 0.15) is 33.1 Å². The van der Waals surface area contributed by atoms with Crippen molar-refractivity contribution in [2.45, 2.75) is 57.5 Å². The van der Waals surface area contributed by atoms with Gasteiger partial charge in [0.25, 0.3) is 0 Å². The van der Waals surface area contributed by atoms with Crippen molar-refractivity contribution in [1.82, 2.24) is 0 Å². The fourth-order valence-corrected chi connectivity index (χ4v) is 3.76. The van der Waals surface area contributed by atoms with E-state index < -0.39 is 0 Å². The van der Waals surface area contributed by atoms with Crippen molar-refractivity contribution in [1.29, 1.82) is 0 Å². The van der Waals surface area contributed by atoms with Crippen molar-refractivity contribution < 1.29 is 19.0 Å². The second-order valence-corrected chi connectivity index (χ2v) is 6.89. The van der Waals surface area contributed by atoms with Gasteiger partial charge in [0.2, 0.25) is 0 Å². The number of epoxide rings is 2. The summed E-state index contributed by atoms with van der Waals surface area (Å²) in [6.07, 6.45) is 6.49. The number of fused-ring (bicyclic) bond motifs is 2. The van der Waals surface area contributed by atoms with Crippen LogP contribution in [0.5, 0.6) is 0 Å². The van der Waals surface area contributed by atoms with Gasteiger partial charge < -0.3 is 14.2 Å². The van der Waals surface area contributed by atoms with E-state index in [9.17, 15) is 4.79 Å². The molecular formula is C16H22O4. The van der Waals surface area contributed by atoms with Gasteiger partial charge >= 0.3 is 5.97 Å². The molecule has 0 aromatic rings. The van der Waals surface area contributed by atoms with Gasteiger partial charge in [0.1, 0.15) is 12.7 Å². The molecule has 2 aliphatic carbocycles. The summed E-state index contributed by atoms with van der Waals surface area (Å²) in [6, 6.07) is 0. The Hall–Kier alpha value is -0.870. The summed E-state index contributed by atoms with van der Waals surface area (Å²) < 4.78 is 16.6. The molecule has 7 atom stereocenters. The van der Waals surface area contributed by atoms with Gasteiger partial charge in [0.15, 0.2) is 0 Å². The minimum Gasteiger partial charge on any atom is -0.461 e. The van der Waals surface area contributed by atoms with Crippen LogP contribution in [-0.2, 0) is 19.0 Å². The molecule has 20 heavy (non-hydrogen) atoms. The average molecular weight is 278 g/mol. The van der Waals surface area contributed by atoms with Gasteiger partial charge in [-0.3, -0.25) is 4.79 Å². The molecule has 3 fully saturated rings. The van der Waals surface area contributed by atoms with Gasteiger partial charge in [-0.15, -0.1) is 0 Å². The second kappa shape index (κ2) is 4.57. The zero-order chi connectivity index (χ0) is 13.9. The molecule has 2 heterocycles. The van der Waals surface area contributed by atoms with E-state index >= 15 is 0 Å². The highest BCUT2D eigenvalue weighted by Crippen LogP contribution is 2.43. The molecule has 0 spiro atoms. The van der Waals surface area contributed by atoms with Gasteiger partial charge in [-0.2, -0.15) is 0 Å². The Morgan fingerprint density at radius 1 is 1.20 bits per heavy atom. The maximum atomic E-state index is 12.3. The summed E-state index contributed by atoms with van der Waals surface area (Å²) in [5.41, 5.74) is 1.22. The van der Waals surface area contributed by atoms with Crippen molar-refractivity contribution in [2.24, 2.45) is 17.8 Å². The molecule has 0 bridgehead atoms. The first-order valence-corrected chi connectivity index (χ1v) is 7.80. The van der Waals surface area contributed by atoms with Crippen LogP contribution in [0.15, 0.2) is 11.6 Å². The number of esters is 1. The maximum absolute atomic E-state index is 12.3. The standard InChI is InChI=1S/C16H22O4/c1-8-3-12-14(19-12)5-10(8)7-18-16(17)11-6-15-13(20-15)4-9(11)2/h5,8-9,11-15H,3-4,6-7H2,1-2H3. The summed E-state index contributed by atoms with van der Waals surface area (Å²) in [7, 11) is 0. The molecule has 2 saturated heterocycles. The summed E-state index contributed by atoms with van der Waals surface area (Å²) >= 11 is 0. The Balaban J connectivity index is 1.33. The molecule has 2 aliphatic heterocycles. The lowest BCUT2D eigenvalue weighted by Gasteiger charge is -2.25. The number of rotatable bonds is 3. The van der Waals surface area contributed by atoms with Crippen LogP contribution in [0, 0.1) is 17.8 Å². The predicted molar refractivity (Wildman–Crippen MR) is 72.0 cm³/mol. The SMILES string of the molecule is CC1CC2OC2C=C1COC(=O)C1CC2OC2CC1C. The number of hydrogen-bond donors (Lipinski definition) is 0. The number of hydrogen-bond acceptors (Lipinski definition) is 4. The Kier molecular flexibility index (Phi) is 2.93. The van der Waals surface area contributed by atoms with E-state index in [0.717, 1.165) is 19.3 Å². The maximum Gasteiger partial charge on any atom is 0.309 e. The average Bonchev–Trinajstić information content (AvgIpc) is 3.29. The van der Waals surface area contributed by atoms with E-state index in [2.05, 4.69) is 19.9 Å². The van der Waals surface area contributed by atoms with Crippen LogP contribution in [0.3, 0.4) is 0 Å². The topological polar surface area (TPSA) is 51.4 Å². The fourth-order valence-electron chi connectivity index (χ4n) is 3.76. The lowest BCUT2D eigenvalue weighted by atomic mass is 9.80. The Morgan fingerprint density at radius 3 is 2.85 bits per heavy atom. The summed E-state index contributed by atoms with van der Waals surface area (Å²) in [6.45, 7) is 4.75. The molecule has 4 aliphatic rings. The van der Waals surface area contributed by atoms with E-state index in [4.69, 9.17) is 14.2 Å². The van der Waals surface area contributed by atoms with Crippen molar-refractivity contribution in [2.75, 3.05) is 6.61 Å². The zero-order valence-corrected chi connectivity index (χ0v) is 12.1. The lowest BCUT2D eigenvalue weighted by molar-refractivity contribution is -0.150. The zero-order valence-electron chi connectivity index (χ0n) is 12.1. The molecule has 0 aromatic heterocycles. The van der Waals surface area contributed by atoms with Gasteiger partial charge in [-0.25, -0.2) is 0 Å². The minimum atomic E-state index is -0.0432. The predicted octanol–water partition coefficient (Wildman–Crippen LogP) is 2.08. The van der Waals surface area contributed by atoms with Crippen LogP contribution in [0.4, 0.5) is 0 Å². The third-order valence-corrected chi connectivity index (χ3v) is 5.37. The normalized spacial score (nSPS) is 48.7.